The highest BCUT2D eigenvalue weighted by Crippen LogP contribution is 2.06. The molecule has 0 bridgehead atoms. The van der Waals surface area contributed by atoms with Crippen LogP contribution in [0.3, 0.4) is 0 Å². The Hall–Kier alpha value is -0.940. The van der Waals surface area contributed by atoms with E-state index in [1.165, 1.54) is 0 Å². The SMILES string of the molecule is Cc1cccc(C[C@H](C)S(N)(=O)=O)n1. The van der Waals surface area contributed by atoms with Crippen LogP contribution >= 0.6 is 0 Å². The first-order chi connectivity index (χ1) is 6.39. The maximum Gasteiger partial charge on any atom is 0.212 e. The Kier molecular flexibility index (Phi) is 3.23. The smallest absolute Gasteiger partial charge is 0.212 e. The Labute approximate surface area is 84.2 Å². The molecule has 1 aromatic rings. The highest BCUT2D eigenvalue weighted by molar-refractivity contribution is 7.89. The van der Waals surface area contributed by atoms with Gasteiger partial charge < -0.3 is 0 Å². The first-order valence-corrected chi connectivity index (χ1v) is 5.94. The lowest BCUT2D eigenvalue weighted by atomic mass is 10.2. The third kappa shape index (κ3) is 3.08. The molecule has 0 fully saturated rings. The van der Waals surface area contributed by atoms with E-state index in [1.807, 2.05) is 19.1 Å². The van der Waals surface area contributed by atoms with Gasteiger partial charge in [-0.25, -0.2) is 13.6 Å². The molecule has 5 heteroatoms. The van der Waals surface area contributed by atoms with Crippen molar-refractivity contribution in [2.45, 2.75) is 25.5 Å². The molecule has 0 radical (unpaired) electrons. The number of sulfonamides is 1. The van der Waals surface area contributed by atoms with E-state index in [0.29, 0.717) is 6.42 Å². The lowest BCUT2D eigenvalue weighted by molar-refractivity contribution is 0.583. The number of primary sulfonamides is 1. The van der Waals surface area contributed by atoms with Crippen LogP contribution in [-0.2, 0) is 16.4 Å². The van der Waals surface area contributed by atoms with Gasteiger partial charge in [-0.3, -0.25) is 4.98 Å². The minimum absolute atomic E-state index is 0.362. The van der Waals surface area contributed by atoms with Crippen LogP contribution in [0.4, 0.5) is 0 Å². The van der Waals surface area contributed by atoms with Crippen LogP contribution in [0.15, 0.2) is 18.2 Å². The molecule has 0 unspecified atom stereocenters. The quantitative estimate of drug-likeness (QED) is 0.801. The first kappa shape index (κ1) is 11.1. The number of hydrogen-bond acceptors (Lipinski definition) is 3. The van der Waals surface area contributed by atoms with Crippen molar-refractivity contribution >= 4 is 10.0 Å². The van der Waals surface area contributed by atoms with Crippen molar-refractivity contribution in [3.63, 3.8) is 0 Å². The molecular formula is C9H14N2O2S. The van der Waals surface area contributed by atoms with Crippen LogP contribution in [0.25, 0.3) is 0 Å². The van der Waals surface area contributed by atoms with Gasteiger partial charge in [0, 0.05) is 17.8 Å². The second-order valence-corrected chi connectivity index (χ2v) is 5.36. The van der Waals surface area contributed by atoms with Crippen molar-refractivity contribution in [3.8, 4) is 0 Å². The fourth-order valence-corrected chi connectivity index (χ4v) is 1.53. The monoisotopic (exact) mass is 214 g/mol. The lowest BCUT2D eigenvalue weighted by Crippen LogP contribution is -2.27. The third-order valence-electron chi connectivity index (χ3n) is 2.00. The fourth-order valence-electron chi connectivity index (χ4n) is 1.12. The molecule has 1 rings (SSSR count). The Balaban J connectivity index is 2.80. The van der Waals surface area contributed by atoms with E-state index in [9.17, 15) is 8.42 Å². The van der Waals surface area contributed by atoms with Gasteiger partial charge in [0.1, 0.15) is 0 Å². The highest BCUT2D eigenvalue weighted by atomic mass is 32.2. The van der Waals surface area contributed by atoms with Crippen LogP contribution in [0.2, 0.25) is 0 Å². The van der Waals surface area contributed by atoms with E-state index in [0.717, 1.165) is 11.4 Å². The molecule has 78 valence electrons. The Bertz CT molecular complexity index is 415. The van der Waals surface area contributed by atoms with Crippen molar-refractivity contribution in [2.24, 2.45) is 5.14 Å². The summed E-state index contributed by atoms with van der Waals surface area (Å²) in [4.78, 5) is 4.21. The van der Waals surface area contributed by atoms with Crippen molar-refractivity contribution in [1.29, 1.82) is 0 Å². The van der Waals surface area contributed by atoms with E-state index in [-0.39, 0.29) is 0 Å². The Morgan fingerprint density at radius 3 is 2.64 bits per heavy atom. The summed E-state index contributed by atoms with van der Waals surface area (Å²) < 4.78 is 21.9. The van der Waals surface area contributed by atoms with E-state index in [1.54, 1.807) is 13.0 Å². The largest absolute Gasteiger partial charge is 0.258 e. The average molecular weight is 214 g/mol. The molecule has 0 aromatic carbocycles. The van der Waals surface area contributed by atoms with Gasteiger partial charge in [-0.2, -0.15) is 0 Å². The molecule has 0 spiro atoms. The molecule has 0 aliphatic heterocycles. The van der Waals surface area contributed by atoms with E-state index in [2.05, 4.69) is 4.98 Å². The molecular weight excluding hydrogens is 200 g/mol. The van der Waals surface area contributed by atoms with Crippen molar-refractivity contribution < 1.29 is 8.42 Å². The molecule has 0 saturated carbocycles. The summed E-state index contributed by atoms with van der Waals surface area (Å²) in [5, 5.41) is 4.42. The van der Waals surface area contributed by atoms with Crippen LogP contribution in [0, 0.1) is 6.92 Å². The van der Waals surface area contributed by atoms with Crippen molar-refractivity contribution in [1.82, 2.24) is 4.98 Å². The lowest BCUT2D eigenvalue weighted by Gasteiger charge is -2.08. The predicted octanol–water partition coefficient (Wildman–Crippen LogP) is 0.610. The van der Waals surface area contributed by atoms with Gasteiger partial charge >= 0.3 is 0 Å². The topological polar surface area (TPSA) is 73.1 Å². The summed E-state index contributed by atoms with van der Waals surface area (Å²) >= 11 is 0. The van der Waals surface area contributed by atoms with Gasteiger partial charge in [0.25, 0.3) is 0 Å². The van der Waals surface area contributed by atoms with Crippen molar-refractivity contribution in [3.05, 3.63) is 29.6 Å². The van der Waals surface area contributed by atoms with Crippen LogP contribution < -0.4 is 5.14 Å². The van der Waals surface area contributed by atoms with Gasteiger partial charge in [-0.15, -0.1) is 0 Å². The van der Waals surface area contributed by atoms with Gasteiger partial charge in [-0.05, 0) is 26.0 Å². The molecule has 0 amide bonds. The maximum absolute atomic E-state index is 11.0. The number of hydrogen-bond donors (Lipinski definition) is 1. The van der Waals surface area contributed by atoms with E-state index in [4.69, 9.17) is 5.14 Å². The number of aryl methyl sites for hydroxylation is 1. The summed E-state index contributed by atoms with van der Waals surface area (Å²) in [6, 6.07) is 5.52. The van der Waals surface area contributed by atoms with Gasteiger partial charge in [0.05, 0.1) is 5.25 Å². The fraction of sp³-hybridized carbons (Fsp3) is 0.444. The molecule has 1 aromatic heterocycles. The molecule has 0 aliphatic carbocycles. The zero-order valence-electron chi connectivity index (χ0n) is 8.27. The second kappa shape index (κ2) is 4.06. The molecule has 4 nitrogen and oxygen atoms in total. The maximum atomic E-state index is 11.0. The zero-order valence-corrected chi connectivity index (χ0v) is 9.08. The average Bonchev–Trinajstić information content (AvgIpc) is 2.02. The number of pyridine rings is 1. The molecule has 0 aliphatic rings. The number of aromatic nitrogens is 1. The number of nitrogens with zero attached hydrogens (tertiary/aromatic N) is 1. The molecule has 14 heavy (non-hydrogen) atoms. The Morgan fingerprint density at radius 2 is 2.14 bits per heavy atom. The van der Waals surface area contributed by atoms with Gasteiger partial charge in [0.15, 0.2) is 0 Å². The normalized spacial score (nSPS) is 13.9. The molecule has 0 saturated heterocycles. The predicted molar refractivity (Wildman–Crippen MR) is 55.2 cm³/mol. The van der Waals surface area contributed by atoms with Gasteiger partial charge in [-0.1, -0.05) is 6.07 Å². The number of nitrogens with two attached hydrogens (primary N) is 1. The third-order valence-corrected chi connectivity index (χ3v) is 3.29. The standard InChI is InChI=1S/C9H14N2O2S/c1-7-4-3-5-9(11-7)6-8(2)14(10,12)13/h3-5,8H,6H2,1-2H3,(H2,10,12,13)/t8-/m0/s1. The summed E-state index contributed by atoms with van der Waals surface area (Å²) in [5.74, 6) is 0. The summed E-state index contributed by atoms with van der Waals surface area (Å²) in [5.41, 5.74) is 1.63. The van der Waals surface area contributed by atoms with Crippen molar-refractivity contribution in [2.75, 3.05) is 0 Å². The second-order valence-electron chi connectivity index (χ2n) is 3.37. The highest BCUT2D eigenvalue weighted by Gasteiger charge is 2.16. The molecule has 1 atom stereocenters. The zero-order chi connectivity index (χ0) is 10.8. The minimum atomic E-state index is -3.45. The first-order valence-electron chi connectivity index (χ1n) is 4.34. The van der Waals surface area contributed by atoms with Crippen LogP contribution in [0.5, 0.6) is 0 Å². The van der Waals surface area contributed by atoms with E-state index >= 15 is 0 Å². The summed E-state index contributed by atoms with van der Waals surface area (Å²) in [7, 11) is -3.45. The summed E-state index contributed by atoms with van der Waals surface area (Å²) in [6.07, 6.45) is 0.362. The van der Waals surface area contributed by atoms with E-state index < -0.39 is 15.3 Å². The van der Waals surface area contributed by atoms with Crippen LogP contribution in [-0.4, -0.2) is 18.7 Å². The van der Waals surface area contributed by atoms with Crippen LogP contribution in [0.1, 0.15) is 18.3 Å². The van der Waals surface area contributed by atoms with Gasteiger partial charge in [0.2, 0.25) is 10.0 Å². The Morgan fingerprint density at radius 1 is 1.50 bits per heavy atom. The number of rotatable bonds is 3. The summed E-state index contributed by atoms with van der Waals surface area (Å²) in [6.45, 7) is 3.45. The molecule has 1 heterocycles. The molecule has 2 N–H and O–H groups in total. The minimum Gasteiger partial charge on any atom is -0.258 e.